The first kappa shape index (κ1) is 19.4. The molecule has 1 amide bonds. The number of carbonyl (C=O) groups is 1. The molecular weight excluding hydrogens is 382 g/mol. The van der Waals surface area contributed by atoms with Gasteiger partial charge in [0.1, 0.15) is 5.52 Å². The number of carbonyl (C=O) groups excluding carboxylic acids is 1. The van der Waals surface area contributed by atoms with E-state index in [1.54, 1.807) is 0 Å². The van der Waals surface area contributed by atoms with Crippen molar-refractivity contribution < 1.29 is 4.79 Å². The number of benzene rings is 2. The van der Waals surface area contributed by atoms with Crippen LogP contribution >= 0.6 is 11.8 Å². The second-order valence-electron chi connectivity index (χ2n) is 6.99. The molecule has 0 saturated heterocycles. The first-order valence-electron chi connectivity index (χ1n) is 9.72. The van der Waals surface area contributed by atoms with E-state index < -0.39 is 0 Å². The van der Waals surface area contributed by atoms with Crippen LogP contribution in [-0.4, -0.2) is 38.0 Å². The summed E-state index contributed by atoms with van der Waals surface area (Å²) in [7, 11) is 0. The molecule has 148 valence electrons. The molecule has 0 fully saturated rings. The molecule has 2 aromatic heterocycles. The first-order valence-corrected chi connectivity index (χ1v) is 10.7. The molecule has 6 nitrogen and oxygen atoms in total. The molecular formula is C22H23N5OS. The standard InChI is InChI=1S/C22H23N5OS/c1-3-12-23-19(28)14-29-22-24-21-20(25-26-22)17-6-4-5-7-18(17)27(21)13-16-10-8-15(2)9-11-16/h4-11H,3,12-14H2,1-2H3,(H,23,28). The van der Waals surface area contributed by atoms with Gasteiger partial charge >= 0.3 is 0 Å². The smallest absolute Gasteiger partial charge is 0.230 e. The Morgan fingerprint density at radius 3 is 2.69 bits per heavy atom. The predicted octanol–water partition coefficient (Wildman–Crippen LogP) is 3.95. The number of nitrogens with one attached hydrogen (secondary N) is 1. The van der Waals surface area contributed by atoms with Gasteiger partial charge in [-0.05, 0) is 25.0 Å². The van der Waals surface area contributed by atoms with Crippen molar-refractivity contribution in [2.75, 3.05) is 12.3 Å². The molecule has 2 aromatic carbocycles. The van der Waals surface area contributed by atoms with Gasteiger partial charge in [-0.15, -0.1) is 10.2 Å². The zero-order valence-electron chi connectivity index (χ0n) is 16.6. The summed E-state index contributed by atoms with van der Waals surface area (Å²) in [5.41, 5.74) is 5.09. The Balaban J connectivity index is 1.69. The molecule has 4 aromatic rings. The van der Waals surface area contributed by atoms with E-state index in [2.05, 4.69) is 57.3 Å². The van der Waals surface area contributed by atoms with Crippen molar-refractivity contribution in [3.63, 3.8) is 0 Å². The predicted molar refractivity (Wildman–Crippen MR) is 117 cm³/mol. The van der Waals surface area contributed by atoms with E-state index in [1.165, 1.54) is 22.9 Å². The largest absolute Gasteiger partial charge is 0.355 e. The number of hydrogen-bond donors (Lipinski definition) is 1. The van der Waals surface area contributed by atoms with Crippen LogP contribution in [0.2, 0.25) is 0 Å². The van der Waals surface area contributed by atoms with Crippen LogP contribution in [0.1, 0.15) is 24.5 Å². The van der Waals surface area contributed by atoms with Crippen LogP contribution in [0.3, 0.4) is 0 Å². The average Bonchev–Trinajstić information content (AvgIpc) is 3.05. The summed E-state index contributed by atoms with van der Waals surface area (Å²) < 4.78 is 2.17. The van der Waals surface area contributed by atoms with E-state index >= 15 is 0 Å². The lowest BCUT2D eigenvalue weighted by Crippen LogP contribution is -2.25. The number of thioether (sulfide) groups is 1. The fraction of sp³-hybridized carbons (Fsp3) is 0.273. The number of fused-ring (bicyclic) bond motifs is 3. The molecule has 0 saturated carbocycles. The Morgan fingerprint density at radius 1 is 1.10 bits per heavy atom. The van der Waals surface area contributed by atoms with Gasteiger partial charge in [0, 0.05) is 18.5 Å². The van der Waals surface area contributed by atoms with Crippen LogP contribution in [0, 0.1) is 6.92 Å². The highest BCUT2D eigenvalue weighted by atomic mass is 32.2. The van der Waals surface area contributed by atoms with E-state index in [0.29, 0.717) is 18.2 Å². The Morgan fingerprint density at radius 2 is 1.90 bits per heavy atom. The number of aryl methyl sites for hydroxylation is 1. The summed E-state index contributed by atoms with van der Waals surface area (Å²) in [5.74, 6) is 0.270. The van der Waals surface area contributed by atoms with Crippen LogP contribution in [0.15, 0.2) is 53.7 Å². The van der Waals surface area contributed by atoms with E-state index in [0.717, 1.165) is 28.5 Å². The van der Waals surface area contributed by atoms with E-state index in [1.807, 2.05) is 25.1 Å². The highest BCUT2D eigenvalue weighted by Gasteiger charge is 2.15. The zero-order valence-corrected chi connectivity index (χ0v) is 17.4. The fourth-order valence-electron chi connectivity index (χ4n) is 3.23. The minimum atomic E-state index is -0.0132. The van der Waals surface area contributed by atoms with Crippen LogP contribution in [-0.2, 0) is 11.3 Å². The number of rotatable bonds is 7. The third kappa shape index (κ3) is 4.24. The van der Waals surface area contributed by atoms with Gasteiger partial charge in [-0.3, -0.25) is 4.79 Å². The van der Waals surface area contributed by atoms with E-state index in [9.17, 15) is 4.79 Å². The summed E-state index contributed by atoms with van der Waals surface area (Å²) >= 11 is 1.31. The summed E-state index contributed by atoms with van der Waals surface area (Å²) in [5, 5.41) is 13.1. The fourth-order valence-corrected chi connectivity index (χ4v) is 3.84. The van der Waals surface area contributed by atoms with Crippen molar-refractivity contribution in [2.45, 2.75) is 32.0 Å². The van der Waals surface area contributed by atoms with Gasteiger partial charge in [-0.25, -0.2) is 4.98 Å². The van der Waals surface area contributed by atoms with Crippen molar-refractivity contribution in [2.24, 2.45) is 0 Å². The zero-order chi connectivity index (χ0) is 20.2. The van der Waals surface area contributed by atoms with Crippen molar-refractivity contribution >= 4 is 39.7 Å². The van der Waals surface area contributed by atoms with E-state index in [4.69, 9.17) is 4.98 Å². The van der Waals surface area contributed by atoms with Gasteiger partial charge < -0.3 is 9.88 Å². The monoisotopic (exact) mass is 405 g/mol. The lowest BCUT2D eigenvalue weighted by Gasteiger charge is -2.08. The number of nitrogens with zero attached hydrogens (tertiary/aromatic N) is 4. The summed E-state index contributed by atoms with van der Waals surface area (Å²) in [6, 6.07) is 16.7. The van der Waals surface area contributed by atoms with Gasteiger partial charge in [0.2, 0.25) is 11.1 Å². The van der Waals surface area contributed by atoms with Crippen LogP contribution < -0.4 is 5.32 Å². The molecule has 29 heavy (non-hydrogen) atoms. The highest BCUT2D eigenvalue weighted by Crippen LogP contribution is 2.28. The Hall–Kier alpha value is -2.93. The normalized spacial score (nSPS) is 11.2. The third-order valence-electron chi connectivity index (χ3n) is 4.72. The van der Waals surface area contributed by atoms with E-state index in [-0.39, 0.29) is 11.7 Å². The Bertz CT molecular complexity index is 1150. The Labute approximate surface area is 173 Å². The molecule has 0 unspecified atom stereocenters. The van der Waals surface area contributed by atoms with Gasteiger partial charge in [0.25, 0.3) is 0 Å². The lowest BCUT2D eigenvalue weighted by molar-refractivity contribution is -0.118. The van der Waals surface area contributed by atoms with Crippen molar-refractivity contribution in [3.8, 4) is 0 Å². The number of para-hydroxylation sites is 1. The molecule has 1 N–H and O–H groups in total. The molecule has 0 spiro atoms. The molecule has 0 aliphatic rings. The minimum Gasteiger partial charge on any atom is -0.355 e. The van der Waals surface area contributed by atoms with Crippen LogP contribution in [0.4, 0.5) is 0 Å². The van der Waals surface area contributed by atoms with Gasteiger partial charge in [0.15, 0.2) is 5.65 Å². The second-order valence-corrected chi connectivity index (χ2v) is 7.94. The maximum absolute atomic E-state index is 11.9. The quantitative estimate of drug-likeness (QED) is 0.471. The minimum absolute atomic E-state index is 0.0132. The lowest BCUT2D eigenvalue weighted by atomic mass is 10.1. The summed E-state index contributed by atoms with van der Waals surface area (Å²) in [4.78, 5) is 16.7. The molecule has 0 atom stereocenters. The van der Waals surface area contributed by atoms with Gasteiger partial charge in [0.05, 0.1) is 11.3 Å². The maximum atomic E-state index is 11.9. The number of hydrogen-bond acceptors (Lipinski definition) is 5. The molecule has 4 rings (SSSR count). The van der Waals surface area contributed by atoms with Crippen LogP contribution in [0.25, 0.3) is 22.1 Å². The van der Waals surface area contributed by atoms with Gasteiger partial charge in [-0.1, -0.05) is 66.7 Å². The maximum Gasteiger partial charge on any atom is 0.230 e. The first-order chi connectivity index (χ1) is 14.2. The molecule has 0 aliphatic carbocycles. The average molecular weight is 406 g/mol. The number of amides is 1. The Kier molecular flexibility index (Phi) is 5.76. The molecule has 2 heterocycles. The molecule has 7 heteroatoms. The van der Waals surface area contributed by atoms with Crippen LogP contribution in [0.5, 0.6) is 0 Å². The van der Waals surface area contributed by atoms with Gasteiger partial charge in [-0.2, -0.15) is 0 Å². The number of aromatic nitrogens is 4. The highest BCUT2D eigenvalue weighted by molar-refractivity contribution is 7.99. The molecule has 0 radical (unpaired) electrons. The van der Waals surface area contributed by atoms with Crippen molar-refractivity contribution in [1.29, 1.82) is 0 Å². The SMILES string of the molecule is CCCNC(=O)CSc1nnc2c3ccccc3n(Cc3ccc(C)cc3)c2n1. The second kappa shape index (κ2) is 8.61. The molecule has 0 aliphatic heterocycles. The third-order valence-corrected chi connectivity index (χ3v) is 5.56. The van der Waals surface area contributed by atoms with Crippen molar-refractivity contribution in [3.05, 3.63) is 59.7 Å². The van der Waals surface area contributed by atoms with Crippen molar-refractivity contribution in [1.82, 2.24) is 25.1 Å². The summed E-state index contributed by atoms with van der Waals surface area (Å²) in [6.07, 6.45) is 0.916. The summed E-state index contributed by atoms with van der Waals surface area (Å²) in [6.45, 7) is 5.50. The molecule has 0 bridgehead atoms. The topological polar surface area (TPSA) is 72.7 Å².